The minimum atomic E-state index is -4.80. The molecule has 0 radical (unpaired) electrons. The fourth-order valence-corrected chi connectivity index (χ4v) is 0.336. The largest absolute Gasteiger partial charge is 0.425 e. The average molecular weight is 304 g/mol. The highest BCUT2D eigenvalue weighted by Gasteiger charge is 2.56. The first kappa shape index (κ1) is 10.7. The number of hydrogen-bond donors (Lipinski definition) is 0. The van der Waals surface area contributed by atoms with E-state index in [0.717, 1.165) is 0 Å². The summed E-state index contributed by atoms with van der Waals surface area (Å²) in [6, 6.07) is 0. The third-order valence-electron chi connectivity index (χ3n) is 0.603. The van der Waals surface area contributed by atoms with Crippen molar-refractivity contribution in [1.82, 2.24) is 0 Å². The highest BCUT2D eigenvalue weighted by Crippen LogP contribution is 2.43. The molecule has 0 heterocycles. The summed E-state index contributed by atoms with van der Waals surface area (Å²) in [5.41, 5.74) is 0. The van der Waals surface area contributed by atoms with Crippen LogP contribution in [0.1, 0.15) is 0 Å². The van der Waals surface area contributed by atoms with Gasteiger partial charge in [0.2, 0.25) is 4.69 Å². The monoisotopic (exact) mass is 302 g/mol. The molecule has 0 aliphatic carbocycles. The van der Waals surface area contributed by atoms with Crippen molar-refractivity contribution in [2.45, 2.75) is 9.96 Å². The molecule has 0 amide bonds. The van der Waals surface area contributed by atoms with Crippen LogP contribution in [-0.2, 0) is 4.79 Å². The lowest BCUT2D eigenvalue weighted by atomic mass is 10.4. The third kappa shape index (κ3) is 2.10. The molecule has 7 heteroatoms. The van der Waals surface area contributed by atoms with Crippen LogP contribution in [-0.4, -0.2) is 14.7 Å². The van der Waals surface area contributed by atoms with Gasteiger partial charge in [-0.05, 0) is 31.9 Å². The van der Waals surface area contributed by atoms with E-state index < -0.39 is 14.7 Å². The van der Waals surface area contributed by atoms with Gasteiger partial charge in [-0.25, -0.2) is 0 Å². The molecular formula is C3Br2ClF3O. The Bertz CT molecular complexity index is 154. The molecule has 10 heavy (non-hydrogen) atoms. The lowest BCUT2D eigenvalue weighted by molar-refractivity contribution is -0.148. The van der Waals surface area contributed by atoms with E-state index in [9.17, 15) is 18.0 Å². The first-order chi connectivity index (χ1) is 4.19. The SMILES string of the molecule is O=C(Br)C(Cl)(Br)C(F)(F)F. The van der Waals surface area contributed by atoms with E-state index in [1.165, 1.54) is 0 Å². The zero-order valence-electron chi connectivity index (χ0n) is 4.18. The summed E-state index contributed by atoms with van der Waals surface area (Å²) in [6.45, 7) is 0. The summed E-state index contributed by atoms with van der Waals surface area (Å²) in [4.78, 5) is 10.1. The Morgan fingerprint density at radius 2 is 1.70 bits per heavy atom. The maximum atomic E-state index is 11.7. The van der Waals surface area contributed by atoms with E-state index in [4.69, 9.17) is 11.6 Å². The van der Waals surface area contributed by atoms with Crippen LogP contribution in [0.4, 0.5) is 13.2 Å². The van der Waals surface area contributed by atoms with Gasteiger partial charge in [0.1, 0.15) is 0 Å². The first-order valence-electron chi connectivity index (χ1n) is 1.84. The normalized spacial score (nSPS) is 18.2. The van der Waals surface area contributed by atoms with Crippen LogP contribution in [0.25, 0.3) is 0 Å². The Labute approximate surface area is 76.2 Å². The number of halogens is 6. The topological polar surface area (TPSA) is 17.1 Å². The molecule has 0 N–H and O–H groups in total. The molecule has 0 aliphatic rings. The number of alkyl halides is 5. The van der Waals surface area contributed by atoms with Crippen molar-refractivity contribution in [3.05, 3.63) is 0 Å². The van der Waals surface area contributed by atoms with E-state index in [2.05, 4.69) is 15.9 Å². The Morgan fingerprint density at radius 1 is 1.40 bits per heavy atom. The molecule has 1 atom stereocenters. The standard InChI is InChI=1S/C3Br2ClF3O/c4-1(10)2(5,6)3(7,8)9. The molecule has 0 saturated heterocycles. The first-order valence-corrected chi connectivity index (χ1v) is 3.80. The summed E-state index contributed by atoms with van der Waals surface area (Å²) >= 11 is 8.85. The van der Waals surface area contributed by atoms with Crippen molar-refractivity contribution >= 4 is 48.2 Å². The van der Waals surface area contributed by atoms with Crippen molar-refractivity contribution in [1.29, 1.82) is 0 Å². The Kier molecular flexibility index (Phi) is 3.20. The van der Waals surface area contributed by atoms with Gasteiger partial charge in [0.15, 0.2) is 0 Å². The van der Waals surface area contributed by atoms with Crippen LogP contribution in [0.2, 0.25) is 0 Å². The number of carbonyl (C=O) groups excluding carboxylic acids is 1. The Morgan fingerprint density at radius 3 is 1.70 bits per heavy atom. The highest BCUT2D eigenvalue weighted by molar-refractivity contribution is 9.20. The highest BCUT2D eigenvalue weighted by atomic mass is 79.9. The van der Waals surface area contributed by atoms with Gasteiger partial charge in [0, 0.05) is 0 Å². The predicted molar refractivity (Wildman–Crippen MR) is 37.5 cm³/mol. The Balaban J connectivity index is 4.57. The second kappa shape index (κ2) is 2.98. The fraction of sp³-hybridized carbons (Fsp3) is 0.667. The Hall–Kier alpha value is 0.710. The maximum absolute atomic E-state index is 11.7. The molecule has 60 valence electrons. The lowest BCUT2D eigenvalue weighted by Gasteiger charge is -2.18. The van der Waals surface area contributed by atoms with Gasteiger partial charge >= 0.3 is 6.18 Å². The molecule has 0 bridgehead atoms. The van der Waals surface area contributed by atoms with E-state index in [0.29, 0.717) is 0 Å². The van der Waals surface area contributed by atoms with Crippen molar-refractivity contribution in [3.63, 3.8) is 0 Å². The van der Waals surface area contributed by atoms with Crippen LogP contribution in [0, 0.1) is 0 Å². The summed E-state index contributed by atoms with van der Waals surface area (Å²) in [7, 11) is 0. The van der Waals surface area contributed by atoms with Crippen LogP contribution in [0.15, 0.2) is 0 Å². The molecule has 0 fully saturated rings. The second-order valence-corrected chi connectivity index (χ2v) is 4.28. The molecule has 0 saturated carbocycles. The van der Waals surface area contributed by atoms with Crippen molar-refractivity contribution in [2.75, 3.05) is 0 Å². The van der Waals surface area contributed by atoms with Gasteiger partial charge < -0.3 is 0 Å². The fourth-order valence-electron chi connectivity index (χ4n) is 0.111. The average Bonchev–Trinajstić information content (AvgIpc) is 1.62. The van der Waals surface area contributed by atoms with Crippen LogP contribution in [0.5, 0.6) is 0 Å². The quantitative estimate of drug-likeness (QED) is 0.538. The van der Waals surface area contributed by atoms with Gasteiger partial charge in [-0.3, -0.25) is 4.79 Å². The maximum Gasteiger partial charge on any atom is 0.425 e. The minimum absolute atomic E-state index is 1.37. The van der Waals surface area contributed by atoms with E-state index in [-0.39, 0.29) is 0 Å². The zero-order chi connectivity index (χ0) is 8.58. The lowest BCUT2D eigenvalue weighted by Crippen LogP contribution is -2.38. The molecule has 0 aliphatic heterocycles. The molecular weight excluding hydrogens is 304 g/mol. The third-order valence-corrected chi connectivity index (χ3v) is 3.15. The smallest absolute Gasteiger partial charge is 0.283 e. The second-order valence-electron chi connectivity index (χ2n) is 1.35. The zero-order valence-corrected chi connectivity index (χ0v) is 8.10. The molecule has 0 aromatic rings. The molecule has 0 rings (SSSR count). The minimum Gasteiger partial charge on any atom is -0.283 e. The molecule has 1 nitrogen and oxygen atoms in total. The number of carbonyl (C=O) groups is 1. The van der Waals surface area contributed by atoms with Gasteiger partial charge in [-0.1, -0.05) is 11.6 Å². The summed E-state index contributed by atoms with van der Waals surface area (Å²) in [6.07, 6.45) is -4.80. The number of hydrogen-bond acceptors (Lipinski definition) is 1. The van der Waals surface area contributed by atoms with Crippen molar-refractivity contribution in [3.8, 4) is 0 Å². The summed E-state index contributed by atoms with van der Waals surface area (Å²) in [5.74, 6) is 0. The van der Waals surface area contributed by atoms with Gasteiger partial charge in [-0.15, -0.1) is 0 Å². The number of rotatable bonds is 1. The van der Waals surface area contributed by atoms with Crippen LogP contribution in [0.3, 0.4) is 0 Å². The molecule has 0 aromatic heterocycles. The summed E-state index contributed by atoms with van der Waals surface area (Å²) in [5, 5.41) is 0. The van der Waals surface area contributed by atoms with Crippen molar-refractivity contribution in [2.24, 2.45) is 0 Å². The molecule has 0 aromatic carbocycles. The van der Waals surface area contributed by atoms with Gasteiger partial charge in [0.25, 0.3) is 3.78 Å². The van der Waals surface area contributed by atoms with Gasteiger partial charge in [-0.2, -0.15) is 13.2 Å². The summed E-state index contributed by atoms with van der Waals surface area (Å²) < 4.78 is 30.6. The van der Waals surface area contributed by atoms with Gasteiger partial charge in [0.05, 0.1) is 0 Å². The molecule has 0 spiro atoms. The predicted octanol–water partition coefficient (Wildman–Crippen LogP) is 2.80. The molecule has 1 unspecified atom stereocenters. The van der Waals surface area contributed by atoms with Crippen LogP contribution >= 0.6 is 43.5 Å². The van der Waals surface area contributed by atoms with E-state index >= 15 is 0 Å². The van der Waals surface area contributed by atoms with E-state index in [1.807, 2.05) is 15.9 Å². The van der Waals surface area contributed by atoms with Crippen molar-refractivity contribution < 1.29 is 18.0 Å². The van der Waals surface area contributed by atoms with Crippen LogP contribution < -0.4 is 0 Å². The van der Waals surface area contributed by atoms with E-state index in [1.54, 1.807) is 0 Å².